The number of amides is 1. The van der Waals surface area contributed by atoms with Crippen molar-refractivity contribution in [1.29, 1.82) is 0 Å². The Morgan fingerprint density at radius 2 is 1.95 bits per heavy atom. The van der Waals surface area contributed by atoms with E-state index >= 15 is 0 Å². The van der Waals surface area contributed by atoms with E-state index in [4.69, 9.17) is 5.73 Å². The van der Waals surface area contributed by atoms with Gasteiger partial charge in [-0.05, 0) is 12.1 Å². The predicted molar refractivity (Wildman–Crippen MR) is 70.9 cm³/mol. The van der Waals surface area contributed by atoms with Gasteiger partial charge in [-0.2, -0.15) is 5.10 Å². The zero-order valence-corrected chi connectivity index (χ0v) is 10.3. The summed E-state index contributed by atoms with van der Waals surface area (Å²) in [6.45, 7) is 0. The number of aromatic nitrogens is 5. The lowest BCUT2D eigenvalue weighted by molar-refractivity contribution is 0.0995. The summed E-state index contributed by atoms with van der Waals surface area (Å²) in [5.41, 5.74) is 7.58. The lowest BCUT2D eigenvalue weighted by Crippen LogP contribution is -2.12. The summed E-state index contributed by atoms with van der Waals surface area (Å²) in [4.78, 5) is 23.2. The summed E-state index contributed by atoms with van der Waals surface area (Å²) in [6.07, 6.45) is 8.19. The molecular weight excluding hydrogens is 256 g/mol. The smallest absolute Gasteiger partial charge is 0.267 e. The molecule has 0 saturated carbocycles. The maximum atomic E-state index is 11.1. The zero-order chi connectivity index (χ0) is 13.9. The molecule has 0 aliphatic rings. The fraction of sp³-hybridized carbons (Fsp3) is 0. The zero-order valence-electron chi connectivity index (χ0n) is 10.3. The molecule has 0 fully saturated rings. The fourth-order valence-corrected chi connectivity index (χ4v) is 1.74. The van der Waals surface area contributed by atoms with Gasteiger partial charge < -0.3 is 5.73 Å². The van der Waals surface area contributed by atoms with Crippen LogP contribution < -0.4 is 5.73 Å². The SMILES string of the molecule is NC(=O)c1cccc(-c2cnn(-c3cncnc3)c2)n1. The Morgan fingerprint density at radius 3 is 2.70 bits per heavy atom. The normalized spacial score (nSPS) is 10.4. The highest BCUT2D eigenvalue weighted by Gasteiger charge is 2.08. The van der Waals surface area contributed by atoms with Gasteiger partial charge in [0.15, 0.2) is 0 Å². The van der Waals surface area contributed by atoms with Crippen molar-refractivity contribution >= 4 is 5.91 Å². The average Bonchev–Trinajstić information content (AvgIpc) is 2.98. The molecule has 0 atom stereocenters. The third-order valence-corrected chi connectivity index (χ3v) is 2.69. The molecule has 1 amide bonds. The maximum Gasteiger partial charge on any atom is 0.267 e. The standard InChI is InChI=1S/C13H10N6O/c14-13(20)12-3-1-2-11(18-12)9-4-17-19(7-9)10-5-15-8-16-6-10/h1-8H,(H2,14,20). The molecular formula is C13H10N6O. The number of carbonyl (C=O) groups is 1. The number of hydrogen-bond acceptors (Lipinski definition) is 5. The van der Waals surface area contributed by atoms with Crippen LogP contribution in [0.15, 0.2) is 49.3 Å². The third kappa shape index (κ3) is 2.24. The van der Waals surface area contributed by atoms with Crippen molar-refractivity contribution in [2.75, 3.05) is 0 Å². The van der Waals surface area contributed by atoms with Gasteiger partial charge in [-0.3, -0.25) is 4.79 Å². The monoisotopic (exact) mass is 266 g/mol. The minimum absolute atomic E-state index is 0.221. The molecule has 7 nitrogen and oxygen atoms in total. The van der Waals surface area contributed by atoms with Crippen LogP contribution >= 0.6 is 0 Å². The Balaban J connectivity index is 1.98. The Bertz CT molecular complexity index is 752. The summed E-state index contributed by atoms with van der Waals surface area (Å²) in [5, 5.41) is 4.22. The summed E-state index contributed by atoms with van der Waals surface area (Å²) in [6, 6.07) is 5.09. The maximum absolute atomic E-state index is 11.1. The predicted octanol–water partition coefficient (Wildman–Crippen LogP) is 0.823. The van der Waals surface area contributed by atoms with E-state index in [0.29, 0.717) is 5.69 Å². The first-order chi connectivity index (χ1) is 9.74. The van der Waals surface area contributed by atoms with Gasteiger partial charge in [0.1, 0.15) is 17.7 Å². The fourth-order valence-electron chi connectivity index (χ4n) is 1.74. The Labute approximate surface area is 114 Å². The van der Waals surface area contributed by atoms with E-state index in [-0.39, 0.29) is 5.69 Å². The molecule has 0 radical (unpaired) electrons. The molecule has 0 spiro atoms. The van der Waals surface area contributed by atoms with Crippen molar-refractivity contribution in [2.45, 2.75) is 0 Å². The molecule has 0 unspecified atom stereocenters. The number of carbonyl (C=O) groups excluding carboxylic acids is 1. The van der Waals surface area contributed by atoms with Gasteiger partial charge in [0.05, 0.1) is 24.3 Å². The first kappa shape index (κ1) is 12.0. The van der Waals surface area contributed by atoms with Gasteiger partial charge in [0.2, 0.25) is 0 Å². The van der Waals surface area contributed by atoms with E-state index in [1.807, 2.05) is 0 Å². The highest BCUT2D eigenvalue weighted by molar-refractivity contribution is 5.91. The Hall–Kier alpha value is -3.09. The largest absolute Gasteiger partial charge is 0.364 e. The van der Waals surface area contributed by atoms with Gasteiger partial charge in [0.25, 0.3) is 5.91 Å². The number of rotatable bonds is 3. The van der Waals surface area contributed by atoms with E-state index in [0.717, 1.165) is 11.3 Å². The van der Waals surface area contributed by atoms with Crippen LogP contribution in [0.4, 0.5) is 0 Å². The van der Waals surface area contributed by atoms with Crippen molar-refractivity contribution in [3.8, 4) is 16.9 Å². The quantitative estimate of drug-likeness (QED) is 0.756. The van der Waals surface area contributed by atoms with Gasteiger partial charge in [0, 0.05) is 11.8 Å². The molecule has 0 saturated heterocycles. The van der Waals surface area contributed by atoms with Crippen LogP contribution in [0.2, 0.25) is 0 Å². The number of nitrogens with two attached hydrogens (primary N) is 1. The van der Waals surface area contributed by atoms with Crippen molar-refractivity contribution in [3.05, 3.63) is 55.0 Å². The topological polar surface area (TPSA) is 99.6 Å². The van der Waals surface area contributed by atoms with Crippen LogP contribution in [-0.4, -0.2) is 30.6 Å². The summed E-state index contributed by atoms with van der Waals surface area (Å²) in [5.74, 6) is -0.560. The number of hydrogen-bond donors (Lipinski definition) is 1. The van der Waals surface area contributed by atoms with Crippen LogP contribution in [0, 0.1) is 0 Å². The molecule has 3 aromatic heterocycles. The van der Waals surface area contributed by atoms with E-state index in [2.05, 4.69) is 20.1 Å². The van der Waals surface area contributed by atoms with Crippen molar-refractivity contribution in [2.24, 2.45) is 5.73 Å². The molecule has 98 valence electrons. The van der Waals surface area contributed by atoms with Gasteiger partial charge in [-0.1, -0.05) is 6.07 Å². The van der Waals surface area contributed by atoms with Gasteiger partial charge in [-0.25, -0.2) is 19.6 Å². The summed E-state index contributed by atoms with van der Waals surface area (Å²) in [7, 11) is 0. The first-order valence-corrected chi connectivity index (χ1v) is 5.81. The van der Waals surface area contributed by atoms with Gasteiger partial charge in [-0.15, -0.1) is 0 Å². The lowest BCUT2D eigenvalue weighted by Gasteiger charge is -1.99. The second kappa shape index (κ2) is 4.88. The van der Waals surface area contributed by atoms with Crippen LogP contribution in [0.3, 0.4) is 0 Å². The number of pyridine rings is 1. The van der Waals surface area contributed by atoms with E-state index in [1.54, 1.807) is 47.7 Å². The van der Waals surface area contributed by atoms with Crippen molar-refractivity contribution < 1.29 is 4.79 Å². The van der Waals surface area contributed by atoms with E-state index < -0.39 is 5.91 Å². The third-order valence-electron chi connectivity index (χ3n) is 2.69. The minimum Gasteiger partial charge on any atom is -0.364 e. The molecule has 3 rings (SSSR count). The Kier molecular flexibility index (Phi) is 2.92. The highest BCUT2D eigenvalue weighted by atomic mass is 16.1. The highest BCUT2D eigenvalue weighted by Crippen LogP contribution is 2.17. The molecule has 3 heterocycles. The van der Waals surface area contributed by atoms with Crippen LogP contribution in [-0.2, 0) is 0 Å². The van der Waals surface area contributed by atoms with Crippen LogP contribution in [0.5, 0.6) is 0 Å². The molecule has 7 heteroatoms. The second-order valence-corrected chi connectivity index (χ2v) is 4.04. The first-order valence-electron chi connectivity index (χ1n) is 5.81. The summed E-state index contributed by atoms with van der Waals surface area (Å²) < 4.78 is 1.63. The number of primary amides is 1. The molecule has 2 N–H and O–H groups in total. The van der Waals surface area contributed by atoms with Crippen LogP contribution in [0.25, 0.3) is 16.9 Å². The molecule has 0 bridgehead atoms. The Morgan fingerprint density at radius 1 is 1.15 bits per heavy atom. The lowest BCUT2D eigenvalue weighted by atomic mass is 10.2. The molecule has 20 heavy (non-hydrogen) atoms. The van der Waals surface area contributed by atoms with Gasteiger partial charge >= 0.3 is 0 Å². The molecule has 3 aromatic rings. The molecule has 0 aromatic carbocycles. The van der Waals surface area contributed by atoms with Crippen molar-refractivity contribution in [3.63, 3.8) is 0 Å². The molecule has 0 aliphatic carbocycles. The second-order valence-electron chi connectivity index (χ2n) is 4.04. The van der Waals surface area contributed by atoms with E-state index in [9.17, 15) is 4.79 Å². The molecule has 0 aliphatic heterocycles. The average molecular weight is 266 g/mol. The number of nitrogens with zero attached hydrogens (tertiary/aromatic N) is 5. The van der Waals surface area contributed by atoms with E-state index in [1.165, 1.54) is 6.33 Å². The summed E-state index contributed by atoms with van der Waals surface area (Å²) >= 11 is 0. The minimum atomic E-state index is -0.560. The van der Waals surface area contributed by atoms with Crippen molar-refractivity contribution in [1.82, 2.24) is 24.7 Å². The van der Waals surface area contributed by atoms with Crippen LogP contribution in [0.1, 0.15) is 10.5 Å².